The van der Waals surface area contributed by atoms with Crippen molar-refractivity contribution < 1.29 is 24.0 Å². The SMILES string of the molecule is C[C@@H]1CCC[N+]1(C(=O)O)C(=O)C1(C)CCCC1SC(=O)c1ccccc1. The Morgan fingerprint density at radius 2 is 1.85 bits per heavy atom. The Hall–Kier alpha value is -1.66. The van der Waals surface area contributed by atoms with Crippen LogP contribution in [0.4, 0.5) is 4.79 Å². The number of imide groups is 1. The molecule has 6 heteroatoms. The first-order valence-electron chi connectivity index (χ1n) is 9.24. The summed E-state index contributed by atoms with van der Waals surface area (Å²) in [7, 11) is 0. The van der Waals surface area contributed by atoms with Gasteiger partial charge in [-0.2, -0.15) is 9.28 Å². The van der Waals surface area contributed by atoms with E-state index in [0.29, 0.717) is 18.5 Å². The van der Waals surface area contributed by atoms with E-state index in [0.717, 1.165) is 25.7 Å². The van der Waals surface area contributed by atoms with Gasteiger partial charge in [0.05, 0.1) is 12.0 Å². The fourth-order valence-corrected chi connectivity index (χ4v) is 5.84. The number of carboxylic acid groups (broad SMARTS) is 1. The molecule has 3 rings (SSSR count). The van der Waals surface area contributed by atoms with Gasteiger partial charge in [0.2, 0.25) is 5.12 Å². The zero-order valence-electron chi connectivity index (χ0n) is 15.3. The van der Waals surface area contributed by atoms with Crippen molar-refractivity contribution in [2.75, 3.05) is 6.54 Å². The number of hydrogen-bond donors (Lipinski definition) is 1. The van der Waals surface area contributed by atoms with E-state index in [-0.39, 0.29) is 22.3 Å². The third-order valence-corrected chi connectivity index (χ3v) is 7.70. The Morgan fingerprint density at radius 3 is 2.42 bits per heavy atom. The molecule has 1 saturated heterocycles. The number of likely N-dealkylation sites (tertiary alicyclic amines) is 1. The molecule has 1 N–H and O–H groups in total. The maximum Gasteiger partial charge on any atom is 0.521 e. The summed E-state index contributed by atoms with van der Waals surface area (Å²) in [6.45, 7) is 4.08. The predicted octanol–water partition coefficient (Wildman–Crippen LogP) is 4.32. The minimum Gasteiger partial charge on any atom is -0.435 e. The van der Waals surface area contributed by atoms with Gasteiger partial charge in [-0.15, -0.1) is 0 Å². The van der Waals surface area contributed by atoms with Crippen LogP contribution in [-0.2, 0) is 4.79 Å². The molecular weight excluding hydrogens is 350 g/mol. The van der Waals surface area contributed by atoms with Crippen LogP contribution in [0.25, 0.3) is 0 Å². The highest BCUT2D eigenvalue weighted by molar-refractivity contribution is 8.14. The van der Waals surface area contributed by atoms with E-state index in [1.54, 1.807) is 12.1 Å². The van der Waals surface area contributed by atoms with Gasteiger partial charge in [0.1, 0.15) is 6.04 Å². The number of amides is 2. The fourth-order valence-electron chi connectivity index (χ4n) is 4.54. The van der Waals surface area contributed by atoms with Gasteiger partial charge in [-0.1, -0.05) is 48.5 Å². The van der Waals surface area contributed by atoms with Gasteiger partial charge in [-0.3, -0.25) is 4.79 Å². The summed E-state index contributed by atoms with van der Waals surface area (Å²) in [5.74, 6) is -0.217. The first-order chi connectivity index (χ1) is 12.3. The topological polar surface area (TPSA) is 71.4 Å². The van der Waals surface area contributed by atoms with E-state index in [1.165, 1.54) is 11.8 Å². The van der Waals surface area contributed by atoms with Crippen LogP contribution in [0.3, 0.4) is 0 Å². The Balaban J connectivity index is 1.86. The molecule has 0 bridgehead atoms. The third-order valence-electron chi connectivity index (χ3n) is 6.21. The number of thioether (sulfide) groups is 1. The van der Waals surface area contributed by atoms with Gasteiger partial charge in [0.15, 0.2) is 0 Å². The molecule has 1 heterocycles. The highest BCUT2D eigenvalue weighted by Crippen LogP contribution is 2.49. The number of benzene rings is 1. The van der Waals surface area contributed by atoms with Crippen LogP contribution in [0, 0.1) is 5.41 Å². The van der Waals surface area contributed by atoms with Crippen molar-refractivity contribution in [1.82, 2.24) is 0 Å². The van der Waals surface area contributed by atoms with Crippen LogP contribution < -0.4 is 0 Å². The molecule has 5 nitrogen and oxygen atoms in total. The molecule has 2 aliphatic rings. The lowest BCUT2D eigenvalue weighted by Gasteiger charge is -2.38. The number of quaternary nitrogens is 1. The second-order valence-electron chi connectivity index (χ2n) is 7.74. The van der Waals surface area contributed by atoms with E-state index in [4.69, 9.17) is 0 Å². The first-order valence-corrected chi connectivity index (χ1v) is 10.1. The molecule has 1 aromatic rings. The minimum absolute atomic E-state index is 0.0483. The second-order valence-corrected chi connectivity index (χ2v) is 8.92. The smallest absolute Gasteiger partial charge is 0.435 e. The Labute approximate surface area is 158 Å². The van der Waals surface area contributed by atoms with Crippen molar-refractivity contribution in [3.05, 3.63) is 35.9 Å². The summed E-state index contributed by atoms with van der Waals surface area (Å²) in [5.41, 5.74) is -0.164. The maximum absolute atomic E-state index is 13.5. The molecular formula is C20H26NO4S+. The first kappa shape index (κ1) is 19.1. The van der Waals surface area contributed by atoms with Crippen LogP contribution in [0.2, 0.25) is 0 Å². The van der Waals surface area contributed by atoms with Gasteiger partial charge in [-0.05, 0) is 26.7 Å². The third kappa shape index (κ3) is 2.99. The number of rotatable bonds is 3. The van der Waals surface area contributed by atoms with Crippen molar-refractivity contribution in [3.63, 3.8) is 0 Å². The highest BCUT2D eigenvalue weighted by Gasteiger charge is 2.62. The molecule has 0 aromatic heterocycles. The largest absolute Gasteiger partial charge is 0.521 e. The monoisotopic (exact) mass is 376 g/mol. The van der Waals surface area contributed by atoms with Crippen LogP contribution in [0.5, 0.6) is 0 Å². The van der Waals surface area contributed by atoms with E-state index < -0.39 is 16.0 Å². The van der Waals surface area contributed by atoms with Crippen LogP contribution in [0.1, 0.15) is 56.3 Å². The molecule has 1 aliphatic heterocycles. The van der Waals surface area contributed by atoms with Crippen LogP contribution in [-0.4, -0.2) is 44.5 Å². The summed E-state index contributed by atoms with van der Waals surface area (Å²) in [5, 5.41) is 9.68. The lowest BCUT2D eigenvalue weighted by Crippen LogP contribution is -2.63. The summed E-state index contributed by atoms with van der Waals surface area (Å²) in [6.07, 6.45) is 2.69. The van der Waals surface area contributed by atoms with Crippen molar-refractivity contribution >= 4 is 28.9 Å². The lowest BCUT2D eigenvalue weighted by molar-refractivity contribution is -0.795. The van der Waals surface area contributed by atoms with Gasteiger partial charge < -0.3 is 5.11 Å². The summed E-state index contributed by atoms with van der Waals surface area (Å²) in [6, 6.07) is 8.84. The van der Waals surface area contributed by atoms with Gasteiger partial charge in [0.25, 0.3) is 0 Å². The van der Waals surface area contributed by atoms with Crippen LogP contribution >= 0.6 is 11.8 Å². The molecule has 1 aromatic carbocycles. The lowest BCUT2D eigenvalue weighted by atomic mass is 9.85. The summed E-state index contributed by atoms with van der Waals surface area (Å²) in [4.78, 5) is 38.3. The number of carbonyl (C=O) groups is 3. The Morgan fingerprint density at radius 1 is 1.15 bits per heavy atom. The molecule has 3 unspecified atom stereocenters. The Bertz CT molecular complexity index is 722. The van der Waals surface area contributed by atoms with Gasteiger partial charge >= 0.3 is 12.0 Å². The molecule has 2 amide bonds. The normalized spacial score (nSPS) is 33.9. The standard InChI is InChI=1S/C20H25NO4S/c1-14-8-7-13-21(14,19(24)25)18(23)20(2)12-6-11-16(20)26-17(22)15-9-4-3-5-10-15/h3-5,9-10,14,16H,6-8,11-13H2,1-2H3/p+1/t14-,16?,20?,21?/m1/s1. The molecule has 26 heavy (non-hydrogen) atoms. The van der Waals surface area contributed by atoms with Gasteiger partial charge in [0, 0.05) is 23.7 Å². The number of carbonyl (C=O) groups excluding carboxylic acids is 2. The Kier molecular flexibility index (Phi) is 5.26. The minimum atomic E-state index is -1.05. The summed E-state index contributed by atoms with van der Waals surface area (Å²) < 4.78 is -0.479. The number of hydrogen-bond acceptors (Lipinski definition) is 4. The average molecular weight is 376 g/mol. The highest BCUT2D eigenvalue weighted by atomic mass is 32.2. The van der Waals surface area contributed by atoms with Crippen molar-refractivity contribution in [3.8, 4) is 0 Å². The maximum atomic E-state index is 13.5. The zero-order valence-corrected chi connectivity index (χ0v) is 16.1. The molecule has 0 radical (unpaired) electrons. The molecule has 0 spiro atoms. The molecule has 1 aliphatic carbocycles. The summed E-state index contributed by atoms with van der Waals surface area (Å²) >= 11 is 1.20. The van der Waals surface area contributed by atoms with Crippen molar-refractivity contribution in [1.29, 1.82) is 0 Å². The molecule has 2 fully saturated rings. The van der Waals surface area contributed by atoms with E-state index in [1.807, 2.05) is 32.0 Å². The molecule has 4 atom stereocenters. The van der Waals surface area contributed by atoms with E-state index in [9.17, 15) is 19.5 Å². The predicted molar refractivity (Wildman–Crippen MR) is 101 cm³/mol. The zero-order chi connectivity index (χ0) is 18.9. The second kappa shape index (κ2) is 7.16. The van der Waals surface area contributed by atoms with E-state index >= 15 is 0 Å². The average Bonchev–Trinajstić information content (AvgIpc) is 3.19. The number of nitrogens with zero attached hydrogens (tertiary/aromatic N) is 1. The van der Waals surface area contributed by atoms with Crippen molar-refractivity contribution in [2.24, 2.45) is 5.41 Å². The van der Waals surface area contributed by atoms with E-state index in [2.05, 4.69) is 0 Å². The van der Waals surface area contributed by atoms with Crippen molar-refractivity contribution in [2.45, 2.75) is 57.2 Å². The van der Waals surface area contributed by atoms with Crippen LogP contribution in [0.15, 0.2) is 30.3 Å². The van der Waals surface area contributed by atoms with Gasteiger partial charge in [-0.25, -0.2) is 4.79 Å². The molecule has 1 saturated carbocycles. The molecule has 140 valence electrons. The fraction of sp³-hybridized carbons (Fsp3) is 0.550. The quantitative estimate of drug-likeness (QED) is 0.796.